The van der Waals surface area contributed by atoms with Crippen molar-refractivity contribution in [2.75, 3.05) is 6.61 Å². The molecule has 0 bridgehead atoms. The molecule has 0 fully saturated rings. The van der Waals surface area contributed by atoms with E-state index in [0.29, 0.717) is 5.75 Å². The number of esters is 2. The highest BCUT2D eigenvalue weighted by molar-refractivity contribution is 5.90. The number of carbonyl (C=O) groups is 2. The Labute approximate surface area is 93.2 Å². The molecule has 0 atom stereocenters. The molecule has 4 heteroatoms. The van der Waals surface area contributed by atoms with Gasteiger partial charge in [0.1, 0.15) is 5.75 Å². The smallest absolute Gasteiger partial charge is 0.389 e. The van der Waals surface area contributed by atoms with Crippen LogP contribution in [0.5, 0.6) is 5.75 Å². The second-order valence-corrected chi connectivity index (χ2v) is 2.78. The Kier molecular flexibility index (Phi) is 4.61. The topological polar surface area (TPSA) is 52.6 Å². The van der Waals surface area contributed by atoms with E-state index in [9.17, 15) is 9.59 Å². The van der Waals surface area contributed by atoms with Crippen LogP contribution in [0.15, 0.2) is 30.3 Å². The van der Waals surface area contributed by atoms with Gasteiger partial charge in [0.2, 0.25) is 0 Å². The molecule has 0 amide bonds. The van der Waals surface area contributed by atoms with Crippen LogP contribution in [0.3, 0.4) is 0 Å². The molecule has 0 radical (unpaired) electrons. The van der Waals surface area contributed by atoms with E-state index in [1.54, 1.807) is 24.3 Å². The van der Waals surface area contributed by atoms with Gasteiger partial charge in [0.25, 0.3) is 0 Å². The highest BCUT2D eigenvalue weighted by Crippen LogP contribution is 2.07. The minimum absolute atomic E-state index is 0.112. The number of hydrogen-bond donors (Lipinski definition) is 0. The van der Waals surface area contributed by atoms with E-state index in [1.807, 2.05) is 6.07 Å². The fourth-order valence-electron chi connectivity index (χ4n) is 0.867. The lowest BCUT2D eigenvalue weighted by Gasteiger charge is -1.97. The van der Waals surface area contributed by atoms with Crippen molar-refractivity contribution >= 4 is 11.9 Å². The van der Waals surface area contributed by atoms with E-state index in [2.05, 4.69) is 16.6 Å². The van der Waals surface area contributed by atoms with Crippen LogP contribution in [0, 0.1) is 11.8 Å². The molecule has 0 unspecified atom stereocenters. The molecule has 4 nitrogen and oxygen atoms in total. The summed E-state index contributed by atoms with van der Waals surface area (Å²) in [7, 11) is 0. The average Bonchev–Trinajstić information content (AvgIpc) is 2.25. The molecule has 1 rings (SSSR count). The molecule has 0 spiro atoms. The monoisotopic (exact) mass is 218 g/mol. The third kappa shape index (κ3) is 4.82. The number of hydrogen-bond acceptors (Lipinski definition) is 4. The third-order valence-electron chi connectivity index (χ3n) is 1.49. The normalized spacial score (nSPS) is 8.56. The zero-order valence-corrected chi connectivity index (χ0v) is 8.73. The minimum atomic E-state index is -0.682. The van der Waals surface area contributed by atoms with Crippen LogP contribution in [0.4, 0.5) is 0 Å². The van der Waals surface area contributed by atoms with Crippen LogP contribution < -0.4 is 4.74 Å². The van der Waals surface area contributed by atoms with Gasteiger partial charge in [-0.1, -0.05) is 18.2 Å². The lowest BCUT2D eigenvalue weighted by atomic mass is 10.3. The summed E-state index contributed by atoms with van der Waals surface area (Å²) < 4.78 is 9.39. The molecule has 1 aromatic rings. The Balaban J connectivity index is 2.39. The highest BCUT2D eigenvalue weighted by Gasteiger charge is 1.98. The van der Waals surface area contributed by atoms with Gasteiger partial charge in [0.05, 0.1) is 0 Å². The van der Waals surface area contributed by atoms with Crippen LogP contribution in [-0.4, -0.2) is 18.5 Å². The van der Waals surface area contributed by atoms with Gasteiger partial charge in [-0.05, 0) is 18.1 Å². The second-order valence-electron chi connectivity index (χ2n) is 2.78. The first-order valence-electron chi connectivity index (χ1n) is 4.57. The van der Waals surface area contributed by atoms with E-state index < -0.39 is 11.9 Å². The summed E-state index contributed by atoms with van der Waals surface area (Å²) in [5.41, 5.74) is 0. The fraction of sp³-hybridized carbons (Fsp3) is 0.167. The summed E-state index contributed by atoms with van der Waals surface area (Å²) in [6.45, 7) is 1.16. The Bertz CT molecular complexity index is 425. The molecule has 0 N–H and O–H groups in total. The van der Waals surface area contributed by atoms with Crippen molar-refractivity contribution in [1.29, 1.82) is 0 Å². The maximum Gasteiger partial charge on any atom is 0.389 e. The van der Waals surface area contributed by atoms with E-state index in [0.717, 1.165) is 0 Å². The number of benzene rings is 1. The summed E-state index contributed by atoms with van der Waals surface area (Å²) in [5, 5.41) is 0. The summed E-state index contributed by atoms with van der Waals surface area (Å²) in [6.07, 6.45) is 0. The Morgan fingerprint density at radius 2 is 1.94 bits per heavy atom. The van der Waals surface area contributed by atoms with E-state index >= 15 is 0 Å². The molecule has 0 aliphatic rings. The van der Waals surface area contributed by atoms with Crippen molar-refractivity contribution in [3.05, 3.63) is 30.3 Å². The first kappa shape index (κ1) is 11.8. The fourth-order valence-corrected chi connectivity index (χ4v) is 0.867. The van der Waals surface area contributed by atoms with Gasteiger partial charge < -0.3 is 9.47 Å². The number of carbonyl (C=O) groups excluding carboxylic acids is 2. The molecule has 0 saturated carbocycles. The van der Waals surface area contributed by atoms with Gasteiger partial charge >= 0.3 is 11.9 Å². The summed E-state index contributed by atoms with van der Waals surface area (Å²) in [6, 6.07) is 8.59. The maximum atomic E-state index is 11.1. The predicted octanol–water partition coefficient (Wildman–Crippen LogP) is 1.16. The molecule has 0 aliphatic heterocycles. The summed E-state index contributed by atoms with van der Waals surface area (Å²) in [4.78, 5) is 21.5. The van der Waals surface area contributed by atoms with E-state index in [1.165, 1.54) is 6.92 Å². The largest absolute Gasteiger partial charge is 0.453 e. The highest BCUT2D eigenvalue weighted by atomic mass is 16.5. The van der Waals surface area contributed by atoms with Crippen molar-refractivity contribution in [3.8, 4) is 17.6 Å². The molecule has 1 aromatic carbocycles. The quantitative estimate of drug-likeness (QED) is 0.323. The minimum Gasteiger partial charge on any atom is -0.453 e. The first-order valence-corrected chi connectivity index (χ1v) is 4.57. The van der Waals surface area contributed by atoms with Crippen molar-refractivity contribution < 1.29 is 19.1 Å². The lowest BCUT2D eigenvalue weighted by molar-refractivity contribution is -0.139. The second kappa shape index (κ2) is 6.25. The standard InChI is InChI=1S/C12H10O4/c1-10(13)15-9-5-8-12(14)16-11-6-3-2-4-7-11/h2-4,6-7H,9H2,1H3. The zero-order chi connectivity index (χ0) is 11.8. The van der Waals surface area contributed by atoms with Crippen LogP contribution >= 0.6 is 0 Å². The van der Waals surface area contributed by atoms with Crippen LogP contribution in [0.2, 0.25) is 0 Å². The van der Waals surface area contributed by atoms with Gasteiger partial charge in [0.15, 0.2) is 6.61 Å². The third-order valence-corrected chi connectivity index (χ3v) is 1.49. The number of para-hydroxylation sites is 1. The maximum absolute atomic E-state index is 11.1. The Morgan fingerprint density at radius 3 is 2.56 bits per heavy atom. The van der Waals surface area contributed by atoms with Gasteiger partial charge in [-0.15, -0.1) is 0 Å². The molecular weight excluding hydrogens is 208 g/mol. The van der Waals surface area contributed by atoms with Crippen LogP contribution in [-0.2, 0) is 14.3 Å². The zero-order valence-electron chi connectivity index (χ0n) is 8.73. The molecule has 0 heterocycles. The van der Waals surface area contributed by atoms with E-state index in [-0.39, 0.29) is 6.61 Å². The lowest BCUT2D eigenvalue weighted by Crippen LogP contribution is -2.05. The van der Waals surface area contributed by atoms with E-state index in [4.69, 9.17) is 4.74 Å². The summed E-state index contributed by atoms with van der Waals surface area (Å²) in [5.74, 6) is 3.87. The van der Waals surface area contributed by atoms with Gasteiger partial charge in [0, 0.05) is 12.8 Å². The van der Waals surface area contributed by atoms with Crippen molar-refractivity contribution in [2.45, 2.75) is 6.92 Å². The van der Waals surface area contributed by atoms with Gasteiger partial charge in [-0.2, -0.15) is 0 Å². The van der Waals surface area contributed by atoms with Gasteiger partial charge in [-0.25, -0.2) is 4.79 Å². The number of rotatable bonds is 2. The van der Waals surface area contributed by atoms with Crippen molar-refractivity contribution in [3.63, 3.8) is 0 Å². The molecule has 0 aliphatic carbocycles. The van der Waals surface area contributed by atoms with Crippen molar-refractivity contribution in [2.24, 2.45) is 0 Å². The summed E-state index contributed by atoms with van der Waals surface area (Å²) >= 11 is 0. The van der Waals surface area contributed by atoms with Crippen LogP contribution in [0.25, 0.3) is 0 Å². The Hall–Kier alpha value is -2.28. The average molecular weight is 218 g/mol. The van der Waals surface area contributed by atoms with Crippen LogP contribution in [0.1, 0.15) is 6.92 Å². The Morgan fingerprint density at radius 1 is 1.25 bits per heavy atom. The predicted molar refractivity (Wildman–Crippen MR) is 56.5 cm³/mol. The SMILES string of the molecule is CC(=O)OCC#CC(=O)Oc1ccccc1. The molecule has 82 valence electrons. The molecule has 0 saturated heterocycles. The molecule has 16 heavy (non-hydrogen) atoms. The van der Waals surface area contributed by atoms with Crippen molar-refractivity contribution in [1.82, 2.24) is 0 Å². The number of ether oxygens (including phenoxy) is 2. The molecule has 0 aromatic heterocycles. The van der Waals surface area contributed by atoms with Gasteiger partial charge in [-0.3, -0.25) is 4.79 Å². The first-order chi connectivity index (χ1) is 7.68. The molecular formula is C12H10O4.